The Morgan fingerprint density at radius 2 is 1.96 bits per heavy atom. The van der Waals surface area contributed by atoms with Crippen LogP contribution in [0.4, 0.5) is 14.9 Å². The van der Waals surface area contributed by atoms with Crippen molar-refractivity contribution in [1.82, 2.24) is 21.1 Å². The van der Waals surface area contributed by atoms with Gasteiger partial charge in [-0.25, -0.2) is 9.18 Å². The third kappa shape index (κ3) is 2.65. The van der Waals surface area contributed by atoms with Crippen LogP contribution in [0.5, 0.6) is 5.75 Å². The number of hydrogen-bond acceptors (Lipinski definition) is 5. The van der Waals surface area contributed by atoms with Crippen LogP contribution in [0.25, 0.3) is 16.8 Å². The molecule has 2 aromatic rings. The van der Waals surface area contributed by atoms with E-state index < -0.39 is 0 Å². The number of fused-ring (bicyclic) bond motifs is 2. The molecule has 28 heavy (non-hydrogen) atoms. The van der Waals surface area contributed by atoms with Gasteiger partial charge in [0.05, 0.1) is 17.4 Å². The molecule has 8 heteroatoms. The highest BCUT2D eigenvalue weighted by Crippen LogP contribution is 2.42. The van der Waals surface area contributed by atoms with Crippen LogP contribution in [0.1, 0.15) is 5.56 Å². The standard InChI is InChI=1S/C20H20FN5O2/c1-26-19-14-6-16(23-11-8-22-9-11)13(12-4-2-3-5-15(12)21)7-18(14)28-10-17(19)24-25-20(26)27/h2-7,11,22-24H,8-10H2,1H3,(H,25,27). The lowest BCUT2D eigenvalue weighted by Crippen LogP contribution is -2.52. The summed E-state index contributed by atoms with van der Waals surface area (Å²) in [6.45, 7) is 1.99. The van der Waals surface area contributed by atoms with E-state index in [1.54, 1.807) is 24.1 Å². The van der Waals surface area contributed by atoms with Gasteiger partial charge < -0.3 is 15.4 Å². The maximum Gasteiger partial charge on any atom is 0.340 e. The summed E-state index contributed by atoms with van der Waals surface area (Å²) in [5, 5.41) is 6.73. The van der Waals surface area contributed by atoms with E-state index in [1.807, 2.05) is 18.2 Å². The van der Waals surface area contributed by atoms with Crippen molar-refractivity contribution >= 4 is 17.4 Å². The van der Waals surface area contributed by atoms with Crippen LogP contribution in [-0.4, -0.2) is 43.7 Å². The van der Waals surface area contributed by atoms with Crippen molar-refractivity contribution in [3.8, 4) is 16.9 Å². The van der Waals surface area contributed by atoms with Crippen LogP contribution < -0.4 is 26.2 Å². The second kappa shape index (κ2) is 6.42. The number of halogens is 1. The molecule has 5 rings (SSSR count). The summed E-state index contributed by atoms with van der Waals surface area (Å²) in [6, 6.07) is 10.5. The zero-order valence-corrected chi connectivity index (χ0v) is 15.3. The van der Waals surface area contributed by atoms with E-state index in [2.05, 4.69) is 21.5 Å². The van der Waals surface area contributed by atoms with Gasteiger partial charge in [-0.15, -0.1) is 0 Å². The number of ether oxygens (including phenoxy) is 1. The predicted molar refractivity (Wildman–Crippen MR) is 104 cm³/mol. The molecule has 0 bridgehead atoms. The number of rotatable bonds is 3. The van der Waals surface area contributed by atoms with Gasteiger partial charge in [0, 0.05) is 42.5 Å². The van der Waals surface area contributed by atoms with Crippen LogP contribution in [0, 0.1) is 5.82 Å². The molecule has 2 amide bonds. The van der Waals surface area contributed by atoms with E-state index in [0.29, 0.717) is 17.9 Å². The van der Waals surface area contributed by atoms with Gasteiger partial charge in [0.15, 0.2) is 0 Å². The highest BCUT2D eigenvalue weighted by Gasteiger charge is 2.32. The number of anilines is 1. The topological polar surface area (TPSA) is 77.7 Å². The molecule has 3 heterocycles. The fourth-order valence-electron chi connectivity index (χ4n) is 3.69. The predicted octanol–water partition coefficient (Wildman–Crippen LogP) is 2.10. The first-order chi connectivity index (χ1) is 13.6. The van der Waals surface area contributed by atoms with Crippen molar-refractivity contribution < 1.29 is 13.9 Å². The van der Waals surface area contributed by atoms with Gasteiger partial charge in [0.2, 0.25) is 0 Å². The Morgan fingerprint density at radius 3 is 2.71 bits per heavy atom. The SMILES string of the molecule is CN1C(=O)NNC2=C1c1cc(NC3CNC3)c(-c3ccccc3F)cc1OC2. The highest BCUT2D eigenvalue weighted by molar-refractivity contribution is 5.93. The lowest BCUT2D eigenvalue weighted by Gasteiger charge is -2.35. The van der Waals surface area contributed by atoms with E-state index in [-0.39, 0.29) is 17.9 Å². The van der Waals surface area contributed by atoms with E-state index in [0.717, 1.165) is 41.3 Å². The zero-order valence-electron chi connectivity index (χ0n) is 15.3. The minimum atomic E-state index is -0.288. The summed E-state index contributed by atoms with van der Waals surface area (Å²) in [5.74, 6) is 0.335. The average molecular weight is 381 g/mol. The Bertz CT molecular complexity index is 1000. The maximum absolute atomic E-state index is 14.5. The zero-order chi connectivity index (χ0) is 19.3. The van der Waals surface area contributed by atoms with Gasteiger partial charge in [0.25, 0.3) is 0 Å². The quantitative estimate of drug-likeness (QED) is 0.655. The molecule has 2 aromatic carbocycles. The molecule has 0 unspecified atom stereocenters. The third-order valence-corrected chi connectivity index (χ3v) is 5.30. The molecule has 0 atom stereocenters. The van der Waals surface area contributed by atoms with Gasteiger partial charge in [-0.3, -0.25) is 15.8 Å². The summed E-state index contributed by atoms with van der Waals surface area (Å²) in [6.07, 6.45) is 0. The number of benzene rings is 2. The van der Waals surface area contributed by atoms with Crippen LogP contribution in [0.15, 0.2) is 42.1 Å². The summed E-state index contributed by atoms with van der Waals surface area (Å²) in [5.41, 5.74) is 9.90. The Labute approximate surface area is 161 Å². The Morgan fingerprint density at radius 1 is 1.14 bits per heavy atom. The fraction of sp³-hybridized carbons (Fsp3) is 0.250. The summed E-state index contributed by atoms with van der Waals surface area (Å²) in [4.78, 5) is 13.7. The molecule has 0 radical (unpaired) electrons. The molecule has 3 aliphatic rings. The number of nitrogens with one attached hydrogen (secondary N) is 4. The summed E-state index contributed by atoms with van der Waals surface area (Å²) < 4.78 is 20.5. The number of carbonyl (C=O) groups is 1. The second-order valence-corrected chi connectivity index (χ2v) is 7.10. The van der Waals surface area contributed by atoms with Gasteiger partial charge in [-0.1, -0.05) is 18.2 Å². The maximum atomic E-state index is 14.5. The Balaban J connectivity index is 1.67. The van der Waals surface area contributed by atoms with Crippen molar-refractivity contribution in [3.05, 3.63) is 53.5 Å². The van der Waals surface area contributed by atoms with Gasteiger partial charge in [0.1, 0.15) is 18.2 Å². The van der Waals surface area contributed by atoms with Crippen molar-refractivity contribution in [1.29, 1.82) is 0 Å². The summed E-state index contributed by atoms with van der Waals surface area (Å²) in [7, 11) is 1.72. The van der Waals surface area contributed by atoms with E-state index in [4.69, 9.17) is 4.74 Å². The first kappa shape index (κ1) is 16.9. The fourth-order valence-corrected chi connectivity index (χ4v) is 3.69. The van der Waals surface area contributed by atoms with E-state index >= 15 is 0 Å². The number of amides is 2. The molecular weight excluding hydrogens is 361 g/mol. The van der Waals surface area contributed by atoms with Crippen LogP contribution in [0.3, 0.4) is 0 Å². The number of carbonyl (C=O) groups excluding carboxylic acids is 1. The van der Waals surface area contributed by atoms with E-state index in [9.17, 15) is 9.18 Å². The summed E-state index contributed by atoms with van der Waals surface area (Å²) >= 11 is 0. The molecule has 0 spiro atoms. The molecule has 0 aromatic heterocycles. The molecule has 144 valence electrons. The molecule has 7 nitrogen and oxygen atoms in total. The van der Waals surface area contributed by atoms with Gasteiger partial charge in [-0.2, -0.15) is 0 Å². The van der Waals surface area contributed by atoms with Crippen LogP contribution in [0.2, 0.25) is 0 Å². The second-order valence-electron chi connectivity index (χ2n) is 7.10. The number of hydrogen-bond donors (Lipinski definition) is 4. The first-order valence-electron chi connectivity index (χ1n) is 9.18. The lowest BCUT2D eigenvalue weighted by molar-refractivity contribution is 0.213. The van der Waals surface area contributed by atoms with Crippen molar-refractivity contribution in [2.75, 3.05) is 32.1 Å². The van der Waals surface area contributed by atoms with Crippen molar-refractivity contribution in [2.45, 2.75) is 6.04 Å². The van der Waals surface area contributed by atoms with Crippen LogP contribution >= 0.6 is 0 Å². The number of urea groups is 1. The molecular formula is C20H20FN5O2. The number of hydrazine groups is 1. The molecule has 0 saturated carbocycles. The highest BCUT2D eigenvalue weighted by atomic mass is 19.1. The van der Waals surface area contributed by atoms with Gasteiger partial charge >= 0.3 is 6.03 Å². The molecule has 4 N–H and O–H groups in total. The van der Waals surface area contributed by atoms with E-state index in [1.165, 1.54) is 6.07 Å². The Hall–Kier alpha value is -3.26. The number of nitrogens with zero attached hydrogens (tertiary/aromatic N) is 1. The Kier molecular flexibility index (Phi) is 3.87. The monoisotopic (exact) mass is 381 g/mol. The molecule has 0 aliphatic carbocycles. The minimum absolute atomic E-state index is 0.248. The lowest BCUT2D eigenvalue weighted by atomic mass is 9.96. The average Bonchev–Trinajstić information content (AvgIpc) is 2.67. The van der Waals surface area contributed by atoms with Gasteiger partial charge in [-0.05, 0) is 18.2 Å². The van der Waals surface area contributed by atoms with Crippen molar-refractivity contribution in [2.24, 2.45) is 0 Å². The third-order valence-electron chi connectivity index (χ3n) is 5.30. The molecule has 1 saturated heterocycles. The largest absolute Gasteiger partial charge is 0.487 e. The molecule has 3 aliphatic heterocycles. The smallest absolute Gasteiger partial charge is 0.340 e. The first-order valence-corrected chi connectivity index (χ1v) is 9.18. The van der Waals surface area contributed by atoms with Crippen LogP contribution in [-0.2, 0) is 0 Å². The molecule has 1 fully saturated rings. The minimum Gasteiger partial charge on any atom is -0.487 e. The van der Waals surface area contributed by atoms with Crippen molar-refractivity contribution in [3.63, 3.8) is 0 Å². The normalized spacial score (nSPS) is 18.4.